The second kappa shape index (κ2) is 6.67. The van der Waals surface area contributed by atoms with Crippen LogP contribution in [0.2, 0.25) is 0 Å². The molecule has 3 rings (SSSR count). The number of hydrogen-bond acceptors (Lipinski definition) is 4. The number of hydrogen-bond donors (Lipinski definition) is 1. The van der Waals surface area contributed by atoms with Crippen LogP contribution in [0.15, 0.2) is 24.3 Å². The Morgan fingerprint density at radius 1 is 1.29 bits per heavy atom. The molecule has 0 spiro atoms. The number of fused-ring (bicyclic) bond motifs is 1. The van der Waals surface area contributed by atoms with Gasteiger partial charge in [-0.25, -0.2) is 4.79 Å². The lowest BCUT2D eigenvalue weighted by atomic mass is 9.52. The summed E-state index contributed by atoms with van der Waals surface area (Å²) in [7, 11) is 0. The lowest BCUT2D eigenvalue weighted by Crippen LogP contribution is -2.55. The van der Waals surface area contributed by atoms with E-state index in [1.807, 2.05) is 19.1 Å². The van der Waals surface area contributed by atoms with E-state index in [2.05, 4.69) is 0 Å². The van der Waals surface area contributed by atoms with Crippen molar-refractivity contribution in [1.29, 1.82) is 0 Å². The topological polar surface area (TPSA) is 63.6 Å². The molecule has 2 saturated carbocycles. The standard InChI is InChI=1S/C20H26O4/c1-3-24-19(23)14-7-9-15(10-8-14)20-12-11-17(21)13(2)16(20)5-4-6-18(20)22/h7-10,13,16,18,22H,3-6,11-12H2,1-2H3/t13-,16-,18-,20+/m0/s1. The van der Waals surface area contributed by atoms with Crippen LogP contribution >= 0.6 is 0 Å². The molecule has 130 valence electrons. The first kappa shape index (κ1) is 17.2. The minimum atomic E-state index is -0.430. The number of ether oxygens (including phenoxy) is 1. The second-order valence-electron chi connectivity index (χ2n) is 7.15. The van der Waals surface area contributed by atoms with Gasteiger partial charge in [0.05, 0.1) is 18.3 Å². The summed E-state index contributed by atoms with van der Waals surface area (Å²) >= 11 is 0. The predicted octanol–water partition coefficient (Wildman–Crippen LogP) is 3.26. The fourth-order valence-corrected chi connectivity index (χ4v) is 4.81. The Labute approximate surface area is 143 Å². The highest BCUT2D eigenvalue weighted by molar-refractivity contribution is 5.89. The first-order valence-electron chi connectivity index (χ1n) is 8.99. The minimum absolute atomic E-state index is 0.0153. The van der Waals surface area contributed by atoms with E-state index in [1.165, 1.54) is 0 Å². The fourth-order valence-electron chi connectivity index (χ4n) is 4.81. The number of ketones is 1. The van der Waals surface area contributed by atoms with Gasteiger partial charge in [0.15, 0.2) is 0 Å². The summed E-state index contributed by atoms with van der Waals surface area (Å²) in [5.74, 6) is 0.150. The van der Waals surface area contributed by atoms with Crippen molar-refractivity contribution in [1.82, 2.24) is 0 Å². The summed E-state index contributed by atoms with van der Waals surface area (Å²) in [6.07, 6.45) is 3.50. The third-order valence-electron chi connectivity index (χ3n) is 6.08. The first-order chi connectivity index (χ1) is 11.5. The van der Waals surface area contributed by atoms with E-state index in [9.17, 15) is 14.7 Å². The molecule has 2 fully saturated rings. The summed E-state index contributed by atoms with van der Waals surface area (Å²) in [5, 5.41) is 10.9. The van der Waals surface area contributed by atoms with Gasteiger partial charge in [-0.1, -0.05) is 25.5 Å². The Morgan fingerprint density at radius 2 is 2.00 bits per heavy atom. The van der Waals surface area contributed by atoms with E-state index in [4.69, 9.17) is 4.74 Å². The maximum atomic E-state index is 12.2. The van der Waals surface area contributed by atoms with Crippen LogP contribution in [-0.2, 0) is 14.9 Å². The van der Waals surface area contributed by atoms with E-state index >= 15 is 0 Å². The van der Waals surface area contributed by atoms with Gasteiger partial charge >= 0.3 is 5.97 Å². The van der Waals surface area contributed by atoms with Gasteiger partial charge in [0.25, 0.3) is 0 Å². The number of benzene rings is 1. The molecule has 1 N–H and O–H groups in total. The maximum Gasteiger partial charge on any atom is 0.338 e. The van der Waals surface area contributed by atoms with E-state index < -0.39 is 6.10 Å². The summed E-state index contributed by atoms with van der Waals surface area (Å²) in [6.45, 7) is 4.14. The highest BCUT2D eigenvalue weighted by Crippen LogP contribution is 2.53. The van der Waals surface area contributed by atoms with E-state index in [0.717, 1.165) is 24.8 Å². The van der Waals surface area contributed by atoms with Gasteiger partial charge in [-0.05, 0) is 49.8 Å². The molecule has 0 radical (unpaired) electrons. The normalized spacial score (nSPS) is 33.0. The zero-order chi connectivity index (χ0) is 17.3. The molecular weight excluding hydrogens is 304 g/mol. The van der Waals surface area contributed by atoms with Crippen molar-refractivity contribution in [2.45, 2.75) is 57.5 Å². The first-order valence-corrected chi connectivity index (χ1v) is 8.99. The lowest BCUT2D eigenvalue weighted by Gasteiger charge is -2.53. The molecule has 2 aliphatic carbocycles. The van der Waals surface area contributed by atoms with Crippen LogP contribution in [0.3, 0.4) is 0 Å². The molecule has 4 heteroatoms. The number of aliphatic hydroxyl groups is 1. The van der Waals surface area contributed by atoms with Crippen molar-refractivity contribution in [3.05, 3.63) is 35.4 Å². The molecule has 0 aromatic heterocycles. The Hall–Kier alpha value is -1.68. The van der Waals surface area contributed by atoms with Gasteiger partial charge in [-0.15, -0.1) is 0 Å². The van der Waals surface area contributed by atoms with Crippen molar-refractivity contribution < 1.29 is 19.4 Å². The average Bonchev–Trinajstić information content (AvgIpc) is 2.59. The minimum Gasteiger partial charge on any atom is -0.462 e. The maximum absolute atomic E-state index is 12.2. The van der Waals surface area contributed by atoms with Gasteiger partial charge in [0, 0.05) is 17.8 Å². The zero-order valence-electron chi connectivity index (χ0n) is 14.5. The lowest BCUT2D eigenvalue weighted by molar-refractivity contribution is -0.134. The molecule has 0 amide bonds. The average molecular weight is 330 g/mol. The molecule has 0 unspecified atom stereocenters. The van der Waals surface area contributed by atoms with Crippen LogP contribution in [0.25, 0.3) is 0 Å². The van der Waals surface area contributed by atoms with Gasteiger partial charge in [-0.3, -0.25) is 4.79 Å². The molecular formula is C20H26O4. The molecule has 1 aromatic carbocycles. The molecule has 4 nitrogen and oxygen atoms in total. The van der Waals surface area contributed by atoms with Crippen molar-refractivity contribution in [2.75, 3.05) is 6.61 Å². The Kier molecular flexibility index (Phi) is 4.77. The highest BCUT2D eigenvalue weighted by Gasteiger charge is 2.53. The molecule has 0 bridgehead atoms. The largest absolute Gasteiger partial charge is 0.462 e. The van der Waals surface area contributed by atoms with Crippen molar-refractivity contribution in [3.63, 3.8) is 0 Å². The molecule has 0 saturated heterocycles. The molecule has 2 aliphatic rings. The summed E-state index contributed by atoms with van der Waals surface area (Å²) in [4.78, 5) is 24.1. The zero-order valence-corrected chi connectivity index (χ0v) is 14.5. The summed E-state index contributed by atoms with van der Waals surface area (Å²) in [6, 6.07) is 7.44. The molecule has 1 aromatic rings. The predicted molar refractivity (Wildman–Crippen MR) is 90.8 cm³/mol. The van der Waals surface area contributed by atoms with Crippen molar-refractivity contribution in [2.24, 2.45) is 11.8 Å². The van der Waals surface area contributed by atoms with Crippen molar-refractivity contribution >= 4 is 11.8 Å². The van der Waals surface area contributed by atoms with Crippen LogP contribution in [0.4, 0.5) is 0 Å². The second-order valence-corrected chi connectivity index (χ2v) is 7.15. The SMILES string of the molecule is CCOC(=O)c1ccc([C@]23CCC(=O)[C@@H](C)[C@@H]2CCC[C@@H]3O)cc1. The Balaban J connectivity index is 1.97. The number of rotatable bonds is 3. The van der Waals surface area contributed by atoms with E-state index in [-0.39, 0.29) is 23.2 Å². The van der Waals surface area contributed by atoms with E-state index in [0.29, 0.717) is 30.8 Å². The third kappa shape index (κ3) is 2.67. The number of aliphatic hydroxyl groups excluding tert-OH is 1. The fraction of sp³-hybridized carbons (Fsp3) is 0.600. The van der Waals surface area contributed by atoms with Crippen LogP contribution in [0.1, 0.15) is 61.9 Å². The van der Waals surface area contributed by atoms with Crippen LogP contribution < -0.4 is 0 Å². The number of carbonyl (C=O) groups is 2. The number of carbonyl (C=O) groups excluding carboxylic acids is 2. The Morgan fingerprint density at radius 3 is 2.67 bits per heavy atom. The summed E-state index contributed by atoms with van der Waals surface area (Å²) in [5.41, 5.74) is 1.21. The number of esters is 1. The monoisotopic (exact) mass is 330 g/mol. The van der Waals surface area contributed by atoms with Gasteiger partial charge in [0.1, 0.15) is 5.78 Å². The van der Waals surface area contributed by atoms with Crippen LogP contribution in [0, 0.1) is 11.8 Å². The quantitative estimate of drug-likeness (QED) is 0.864. The van der Waals surface area contributed by atoms with Gasteiger partial charge < -0.3 is 9.84 Å². The summed E-state index contributed by atoms with van der Waals surface area (Å²) < 4.78 is 5.04. The highest BCUT2D eigenvalue weighted by atomic mass is 16.5. The molecule has 24 heavy (non-hydrogen) atoms. The van der Waals surface area contributed by atoms with Crippen molar-refractivity contribution in [3.8, 4) is 0 Å². The Bertz CT molecular complexity index is 621. The van der Waals surface area contributed by atoms with E-state index in [1.54, 1.807) is 19.1 Å². The van der Waals surface area contributed by atoms with Crippen LogP contribution in [-0.4, -0.2) is 29.6 Å². The van der Waals surface area contributed by atoms with Gasteiger partial charge in [-0.2, -0.15) is 0 Å². The molecule has 4 atom stereocenters. The van der Waals surface area contributed by atoms with Gasteiger partial charge in [0.2, 0.25) is 0 Å². The number of Topliss-reactive ketones (excluding diaryl/α,β-unsaturated/α-hetero) is 1. The van der Waals surface area contributed by atoms with Crippen LogP contribution in [0.5, 0.6) is 0 Å². The molecule has 0 aliphatic heterocycles. The third-order valence-corrected chi connectivity index (χ3v) is 6.08. The smallest absolute Gasteiger partial charge is 0.338 e. The molecule has 0 heterocycles.